The lowest BCUT2D eigenvalue weighted by Gasteiger charge is -2.27. The van der Waals surface area contributed by atoms with Crippen molar-refractivity contribution >= 4 is 44.8 Å². The molecule has 212 valence electrons. The Morgan fingerprint density at radius 2 is 1.44 bits per heavy atom. The average Bonchev–Trinajstić information content (AvgIpc) is 2.97. The molecule has 2 N–H and O–H groups in total. The minimum atomic E-state index is -4.09. The largest absolute Gasteiger partial charge is 0.352 e. The molecule has 0 radical (unpaired) electrons. The number of rotatable bonds is 11. The van der Waals surface area contributed by atoms with E-state index in [9.17, 15) is 18.0 Å². The molecule has 0 saturated heterocycles. The van der Waals surface area contributed by atoms with Gasteiger partial charge in [-0.1, -0.05) is 79.0 Å². The average molecular weight is 590 g/mol. The van der Waals surface area contributed by atoms with Crippen LogP contribution in [0.2, 0.25) is 5.02 Å². The Balaban J connectivity index is 1.73. The van der Waals surface area contributed by atoms with Gasteiger partial charge in [-0.05, 0) is 67.4 Å². The third-order valence-electron chi connectivity index (χ3n) is 6.50. The van der Waals surface area contributed by atoms with Crippen molar-refractivity contribution in [1.82, 2.24) is 5.32 Å². The van der Waals surface area contributed by atoms with Gasteiger partial charge in [0.25, 0.3) is 21.8 Å². The molecule has 4 aromatic carbocycles. The summed E-state index contributed by atoms with van der Waals surface area (Å²) in [5.74, 6) is -0.844. The second kappa shape index (κ2) is 13.5. The molecular weight excluding hydrogens is 558 g/mol. The molecule has 0 aromatic heterocycles. The SMILES string of the molecule is CCCCNC(=O)c1ccccc1NC(=O)c1ccccc1N(Cc1ccc(Cl)cc1)S(=O)(=O)c1ccc(C)cc1. The first-order chi connectivity index (χ1) is 19.7. The van der Waals surface area contributed by atoms with Gasteiger partial charge >= 0.3 is 0 Å². The van der Waals surface area contributed by atoms with E-state index < -0.39 is 15.9 Å². The van der Waals surface area contributed by atoms with E-state index in [1.165, 1.54) is 4.31 Å². The summed E-state index contributed by atoms with van der Waals surface area (Å²) in [5, 5.41) is 6.22. The van der Waals surface area contributed by atoms with Crippen molar-refractivity contribution in [2.45, 2.75) is 38.1 Å². The van der Waals surface area contributed by atoms with E-state index in [-0.39, 0.29) is 28.6 Å². The molecular formula is C32H32ClN3O4S. The zero-order chi connectivity index (χ0) is 29.4. The second-order valence-corrected chi connectivity index (χ2v) is 11.9. The van der Waals surface area contributed by atoms with E-state index >= 15 is 0 Å². The number of nitrogens with zero attached hydrogens (tertiary/aromatic N) is 1. The lowest BCUT2D eigenvalue weighted by atomic mass is 10.1. The molecule has 0 heterocycles. The van der Waals surface area contributed by atoms with Gasteiger partial charge in [0, 0.05) is 11.6 Å². The van der Waals surface area contributed by atoms with Crippen LogP contribution >= 0.6 is 11.6 Å². The summed E-state index contributed by atoms with van der Waals surface area (Å²) >= 11 is 6.07. The summed E-state index contributed by atoms with van der Waals surface area (Å²) in [4.78, 5) is 26.6. The molecule has 0 atom stereocenters. The number of anilines is 2. The monoisotopic (exact) mass is 589 g/mol. The molecule has 0 aliphatic carbocycles. The van der Waals surface area contributed by atoms with Gasteiger partial charge < -0.3 is 10.6 Å². The topological polar surface area (TPSA) is 95.6 Å². The van der Waals surface area contributed by atoms with Gasteiger partial charge in [0.05, 0.1) is 33.9 Å². The third-order valence-corrected chi connectivity index (χ3v) is 8.53. The molecule has 0 fully saturated rings. The van der Waals surface area contributed by atoms with Crippen LogP contribution in [0.5, 0.6) is 0 Å². The standard InChI is InChI=1S/C32H32ClN3O4S/c1-3-4-21-34-31(37)27-9-5-7-11-29(27)35-32(38)28-10-6-8-12-30(28)36(22-24-15-17-25(33)18-16-24)41(39,40)26-19-13-23(2)14-20-26/h5-20H,3-4,21-22H2,1-2H3,(H,34,37)(H,35,38). The first-order valence-electron chi connectivity index (χ1n) is 13.3. The molecule has 4 rings (SSSR count). The molecule has 41 heavy (non-hydrogen) atoms. The number of hydrogen-bond acceptors (Lipinski definition) is 4. The lowest BCUT2D eigenvalue weighted by molar-refractivity contribution is 0.0954. The fourth-order valence-electron chi connectivity index (χ4n) is 4.23. The molecule has 0 bridgehead atoms. The van der Waals surface area contributed by atoms with Crippen molar-refractivity contribution in [2.75, 3.05) is 16.2 Å². The minimum absolute atomic E-state index is 0.0336. The molecule has 0 saturated carbocycles. The Labute approximate surface area is 246 Å². The zero-order valence-electron chi connectivity index (χ0n) is 22.9. The smallest absolute Gasteiger partial charge is 0.264 e. The van der Waals surface area contributed by atoms with Crippen molar-refractivity contribution in [3.05, 3.63) is 124 Å². The first-order valence-corrected chi connectivity index (χ1v) is 15.1. The Morgan fingerprint density at radius 3 is 2.12 bits per heavy atom. The Kier molecular flexibility index (Phi) is 9.81. The maximum absolute atomic E-state index is 14.0. The fraction of sp³-hybridized carbons (Fsp3) is 0.188. The summed E-state index contributed by atoms with van der Waals surface area (Å²) in [6.45, 7) is 4.40. The highest BCUT2D eigenvalue weighted by Gasteiger charge is 2.29. The highest BCUT2D eigenvalue weighted by molar-refractivity contribution is 7.92. The highest BCUT2D eigenvalue weighted by Crippen LogP contribution is 2.30. The Hall–Kier alpha value is -4.14. The molecule has 0 aliphatic rings. The quantitative estimate of drug-likeness (QED) is 0.188. The van der Waals surface area contributed by atoms with Gasteiger partial charge in [-0.25, -0.2) is 8.42 Å². The number of carbonyl (C=O) groups excluding carboxylic acids is 2. The van der Waals surface area contributed by atoms with Crippen LogP contribution in [-0.4, -0.2) is 26.8 Å². The van der Waals surface area contributed by atoms with Gasteiger partial charge in [0.2, 0.25) is 0 Å². The normalized spacial score (nSPS) is 11.1. The predicted molar refractivity (Wildman–Crippen MR) is 164 cm³/mol. The van der Waals surface area contributed by atoms with Crippen molar-refractivity contribution < 1.29 is 18.0 Å². The van der Waals surface area contributed by atoms with Gasteiger partial charge in [-0.3, -0.25) is 13.9 Å². The number of carbonyl (C=O) groups is 2. The van der Waals surface area contributed by atoms with Crippen LogP contribution < -0.4 is 14.9 Å². The van der Waals surface area contributed by atoms with E-state index in [1.807, 2.05) is 13.8 Å². The number of hydrogen-bond donors (Lipinski definition) is 2. The van der Waals surface area contributed by atoms with Crippen LogP contribution in [0.25, 0.3) is 0 Å². The van der Waals surface area contributed by atoms with Crippen molar-refractivity contribution in [1.29, 1.82) is 0 Å². The van der Waals surface area contributed by atoms with Crippen molar-refractivity contribution in [3.63, 3.8) is 0 Å². The number of unbranched alkanes of at least 4 members (excludes halogenated alkanes) is 1. The molecule has 7 nitrogen and oxygen atoms in total. The van der Waals surface area contributed by atoms with Crippen LogP contribution in [-0.2, 0) is 16.6 Å². The van der Waals surface area contributed by atoms with Gasteiger partial charge in [-0.15, -0.1) is 0 Å². The Bertz CT molecular complexity index is 1620. The summed E-state index contributed by atoms with van der Waals surface area (Å²) in [7, 11) is -4.09. The lowest BCUT2D eigenvalue weighted by Crippen LogP contribution is -2.32. The number of aryl methyl sites for hydroxylation is 1. The zero-order valence-corrected chi connectivity index (χ0v) is 24.5. The summed E-state index contributed by atoms with van der Waals surface area (Å²) in [5.41, 5.74) is 2.59. The Morgan fingerprint density at radius 1 is 0.805 bits per heavy atom. The minimum Gasteiger partial charge on any atom is -0.352 e. The van der Waals surface area contributed by atoms with Crippen LogP contribution in [0.4, 0.5) is 11.4 Å². The molecule has 0 unspecified atom stereocenters. The summed E-state index contributed by atoms with van der Waals surface area (Å²) in [6.07, 6.45) is 1.78. The first kappa shape index (κ1) is 29.8. The maximum atomic E-state index is 14.0. The number of para-hydroxylation sites is 2. The van der Waals surface area contributed by atoms with E-state index in [1.54, 1.807) is 97.1 Å². The predicted octanol–water partition coefficient (Wildman–Crippen LogP) is 6.83. The van der Waals surface area contributed by atoms with Crippen molar-refractivity contribution in [3.8, 4) is 0 Å². The van der Waals surface area contributed by atoms with E-state index in [2.05, 4.69) is 10.6 Å². The van der Waals surface area contributed by atoms with E-state index in [0.29, 0.717) is 28.4 Å². The second-order valence-electron chi connectivity index (χ2n) is 9.58. The fourth-order valence-corrected chi connectivity index (χ4v) is 5.83. The van der Waals surface area contributed by atoms with Gasteiger partial charge in [0.1, 0.15) is 0 Å². The number of benzene rings is 4. The van der Waals surface area contributed by atoms with Gasteiger partial charge in [0.15, 0.2) is 0 Å². The third kappa shape index (κ3) is 7.34. The summed E-state index contributed by atoms with van der Waals surface area (Å²) < 4.78 is 29.3. The maximum Gasteiger partial charge on any atom is 0.264 e. The number of nitrogens with one attached hydrogen (secondary N) is 2. The van der Waals surface area contributed by atoms with Crippen molar-refractivity contribution in [2.24, 2.45) is 0 Å². The number of sulfonamides is 1. The van der Waals surface area contributed by atoms with Gasteiger partial charge in [-0.2, -0.15) is 0 Å². The van der Waals surface area contributed by atoms with Crippen LogP contribution in [0.3, 0.4) is 0 Å². The highest BCUT2D eigenvalue weighted by atomic mass is 35.5. The summed E-state index contributed by atoms with van der Waals surface area (Å²) in [6, 6.07) is 26.7. The molecule has 9 heteroatoms. The molecule has 0 spiro atoms. The molecule has 2 amide bonds. The number of halogens is 1. The van der Waals surface area contributed by atoms with Crippen LogP contribution in [0.1, 0.15) is 51.6 Å². The van der Waals surface area contributed by atoms with Crippen LogP contribution in [0.15, 0.2) is 102 Å². The molecule has 4 aromatic rings. The van der Waals surface area contributed by atoms with Crippen LogP contribution in [0, 0.1) is 6.92 Å². The van der Waals surface area contributed by atoms with E-state index in [4.69, 9.17) is 11.6 Å². The van der Waals surface area contributed by atoms with E-state index in [0.717, 1.165) is 18.4 Å². The molecule has 0 aliphatic heterocycles. The number of amides is 2.